The first-order valence-corrected chi connectivity index (χ1v) is 7.32. The van der Waals surface area contributed by atoms with Crippen LogP contribution in [-0.2, 0) is 0 Å². The number of rotatable bonds is 1. The predicted molar refractivity (Wildman–Crippen MR) is 79.4 cm³/mol. The Morgan fingerprint density at radius 2 is 2.19 bits per heavy atom. The number of aliphatic hydroxyl groups excluding tert-OH is 1. The van der Waals surface area contributed by atoms with E-state index in [0.717, 1.165) is 0 Å². The van der Waals surface area contributed by atoms with Gasteiger partial charge in [-0.3, -0.25) is 4.90 Å². The molecule has 1 aromatic rings. The SMILES string of the molecule is Cc1c(N2C(=O)N3CC[C@H](O)[C@H]3[C@H]2C)ccc(C#N)c1Cl. The van der Waals surface area contributed by atoms with Gasteiger partial charge in [-0.05, 0) is 38.0 Å². The Morgan fingerprint density at radius 1 is 1.48 bits per heavy atom. The van der Waals surface area contributed by atoms with Crippen molar-refractivity contribution in [3.63, 3.8) is 0 Å². The van der Waals surface area contributed by atoms with E-state index in [1.807, 2.05) is 13.0 Å². The summed E-state index contributed by atoms with van der Waals surface area (Å²) in [5.41, 5.74) is 1.82. The molecule has 2 aliphatic heterocycles. The van der Waals surface area contributed by atoms with Gasteiger partial charge in [0.1, 0.15) is 6.07 Å². The van der Waals surface area contributed by atoms with E-state index in [1.54, 1.807) is 28.9 Å². The fourth-order valence-corrected chi connectivity index (χ4v) is 3.62. The zero-order chi connectivity index (χ0) is 15.3. The lowest BCUT2D eigenvalue weighted by atomic mass is 10.0. The number of anilines is 1. The van der Waals surface area contributed by atoms with Gasteiger partial charge in [0.25, 0.3) is 0 Å². The monoisotopic (exact) mass is 305 g/mol. The van der Waals surface area contributed by atoms with Gasteiger partial charge in [-0.2, -0.15) is 5.26 Å². The highest BCUT2D eigenvalue weighted by molar-refractivity contribution is 6.33. The van der Waals surface area contributed by atoms with Gasteiger partial charge >= 0.3 is 6.03 Å². The van der Waals surface area contributed by atoms with Crippen molar-refractivity contribution in [3.8, 4) is 6.07 Å². The molecule has 0 aliphatic carbocycles. The van der Waals surface area contributed by atoms with Crippen LogP contribution in [0.1, 0.15) is 24.5 Å². The fourth-order valence-electron chi connectivity index (χ4n) is 3.41. The highest BCUT2D eigenvalue weighted by Crippen LogP contribution is 2.38. The molecule has 2 amide bonds. The number of hydrogen-bond donors (Lipinski definition) is 1. The van der Waals surface area contributed by atoms with E-state index in [2.05, 4.69) is 0 Å². The number of aliphatic hydroxyl groups is 1. The molecule has 0 spiro atoms. The third-order valence-corrected chi connectivity index (χ3v) is 5.00. The summed E-state index contributed by atoms with van der Waals surface area (Å²) in [6.07, 6.45) is 0.143. The Labute approximate surface area is 128 Å². The smallest absolute Gasteiger partial charge is 0.325 e. The summed E-state index contributed by atoms with van der Waals surface area (Å²) in [4.78, 5) is 16.0. The summed E-state index contributed by atoms with van der Waals surface area (Å²) in [6.45, 7) is 4.32. The predicted octanol–water partition coefficient (Wildman–Crippen LogP) is 2.28. The molecule has 2 heterocycles. The lowest BCUT2D eigenvalue weighted by Gasteiger charge is -2.26. The molecule has 5 nitrogen and oxygen atoms in total. The van der Waals surface area contributed by atoms with Gasteiger partial charge in [-0.15, -0.1) is 0 Å². The molecular weight excluding hydrogens is 290 g/mol. The Kier molecular flexibility index (Phi) is 3.31. The normalized spacial score (nSPS) is 28.0. The number of nitrogens with zero attached hydrogens (tertiary/aromatic N) is 3. The van der Waals surface area contributed by atoms with E-state index < -0.39 is 6.10 Å². The van der Waals surface area contributed by atoms with Crippen LogP contribution in [0.3, 0.4) is 0 Å². The molecule has 1 aromatic carbocycles. The number of amides is 2. The summed E-state index contributed by atoms with van der Waals surface area (Å²) in [6, 6.07) is 5.01. The Hall–Kier alpha value is -1.77. The molecule has 0 unspecified atom stereocenters. The minimum atomic E-state index is -0.483. The summed E-state index contributed by atoms with van der Waals surface area (Å²) < 4.78 is 0. The lowest BCUT2D eigenvalue weighted by Crippen LogP contribution is -2.39. The van der Waals surface area contributed by atoms with Gasteiger partial charge in [-0.25, -0.2) is 4.79 Å². The first-order chi connectivity index (χ1) is 9.97. The van der Waals surface area contributed by atoms with Crippen LogP contribution >= 0.6 is 11.6 Å². The van der Waals surface area contributed by atoms with Gasteiger partial charge in [-0.1, -0.05) is 11.6 Å². The van der Waals surface area contributed by atoms with Crippen molar-refractivity contribution in [1.29, 1.82) is 5.26 Å². The van der Waals surface area contributed by atoms with Crippen LogP contribution in [0, 0.1) is 18.3 Å². The average molecular weight is 306 g/mol. The van der Waals surface area contributed by atoms with E-state index in [9.17, 15) is 9.90 Å². The molecule has 0 saturated carbocycles. The third kappa shape index (κ3) is 1.90. The minimum absolute atomic E-state index is 0.104. The molecule has 3 rings (SSSR count). The minimum Gasteiger partial charge on any atom is -0.391 e. The van der Waals surface area contributed by atoms with Crippen molar-refractivity contribution in [2.75, 3.05) is 11.4 Å². The molecule has 6 heteroatoms. The second-order valence-electron chi connectivity index (χ2n) is 5.62. The topological polar surface area (TPSA) is 67.6 Å². The van der Waals surface area contributed by atoms with Crippen molar-refractivity contribution in [2.24, 2.45) is 0 Å². The number of nitriles is 1. The van der Waals surface area contributed by atoms with Gasteiger partial charge in [0.05, 0.1) is 34.5 Å². The Bertz CT molecular complexity index is 655. The van der Waals surface area contributed by atoms with E-state index in [-0.39, 0.29) is 18.1 Å². The fraction of sp³-hybridized carbons (Fsp3) is 0.467. The number of benzene rings is 1. The van der Waals surface area contributed by atoms with Crippen LogP contribution in [0.4, 0.5) is 10.5 Å². The summed E-state index contributed by atoms with van der Waals surface area (Å²) in [5, 5.41) is 19.5. The first kappa shape index (κ1) is 14.2. The summed E-state index contributed by atoms with van der Waals surface area (Å²) >= 11 is 6.20. The van der Waals surface area contributed by atoms with Gasteiger partial charge in [0.15, 0.2) is 0 Å². The van der Waals surface area contributed by atoms with Crippen LogP contribution in [0.5, 0.6) is 0 Å². The van der Waals surface area contributed by atoms with E-state index in [4.69, 9.17) is 16.9 Å². The molecule has 2 aliphatic rings. The molecule has 2 saturated heterocycles. The van der Waals surface area contributed by atoms with E-state index >= 15 is 0 Å². The second kappa shape index (κ2) is 4.90. The molecule has 0 bridgehead atoms. The molecular formula is C15H16ClN3O2. The van der Waals surface area contributed by atoms with Crippen LogP contribution in [-0.4, -0.2) is 40.8 Å². The Morgan fingerprint density at radius 3 is 2.81 bits per heavy atom. The molecule has 2 fully saturated rings. The lowest BCUT2D eigenvalue weighted by molar-refractivity contribution is 0.133. The zero-order valence-corrected chi connectivity index (χ0v) is 12.6. The maximum atomic E-state index is 12.6. The second-order valence-corrected chi connectivity index (χ2v) is 5.99. The standard InChI is InChI=1S/C15H16ClN3O2/c1-8-11(4-3-10(7-17)13(8)16)19-9(2)14-12(20)5-6-18(14)15(19)21/h3-4,9,12,14,20H,5-6H2,1-2H3/t9-,12+,14-/m1/s1. The average Bonchev–Trinajstić information content (AvgIpc) is 2.95. The number of carbonyl (C=O) groups is 1. The number of halogens is 1. The van der Waals surface area contributed by atoms with Gasteiger partial charge in [0, 0.05) is 6.54 Å². The third-order valence-electron chi connectivity index (χ3n) is 4.51. The van der Waals surface area contributed by atoms with Crippen LogP contribution in [0.15, 0.2) is 12.1 Å². The van der Waals surface area contributed by atoms with Crippen molar-refractivity contribution in [3.05, 3.63) is 28.3 Å². The number of hydrogen-bond acceptors (Lipinski definition) is 3. The van der Waals surface area contributed by atoms with E-state index in [0.29, 0.717) is 34.8 Å². The van der Waals surface area contributed by atoms with Gasteiger partial charge < -0.3 is 10.0 Å². The maximum absolute atomic E-state index is 12.6. The van der Waals surface area contributed by atoms with Crippen molar-refractivity contribution < 1.29 is 9.90 Å². The van der Waals surface area contributed by atoms with Crippen LogP contribution in [0.2, 0.25) is 5.02 Å². The van der Waals surface area contributed by atoms with Crippen molar-refractivity contribution in [2.45, 2.75) is 38.5 Å². The van der Waals surface area contributed by atoms with Crippen LogP contribution < -0.4 is 4.90 Å². The molecule has 21 heavy (non-hydrogen) atoms. The Balaban J connectivity index is 2.04. The number of urea groups is 1. The first-order valence-electron chi connectivity index (χ1n) is 6.94. The molecule has 1 N–H and O–H groups in total. The highest BCUT2D eigenvalue weighted by Gasteiger charge is 2.50. The van der Waals surface area contributed by atoms with Crippen LogP contribution in [0.25, 0.3) is 0 Å². The number of carbonyl (C=O) groups excluding carboxylic acids is 1. The van der Waals surface area contributed by atoms with Crippen molar-refractivity contribution >= 4 is 23.3 Å². The quantitative estimate of drug-likeness (QED) is 0.865. The molecule has 0 radical (unpaired) electrons. The largest absolute Gasteiger partial charge is 0.391 e. The number of fused-ring (bicyclic) bond motifs is 1. The molecule has 0 aromatic heterocycles. The van der Waals surface area contributed by atoms with Crippen molar-refractivity contribution in [1.82, 2.24) is 4.90 Å². The summed E-state index contributed by atoms with van der Waals surface area (Å²) in [5.74, 6) is 0. The molecule has 3 atom stereocenters. The maximum Gasteiger partial charge on any atom is 0.325 e. The zero-order valence-electron chi connectivity index (χ0n) is 11.9. The molecule has 110 valence electrons. The van der Waals surface area contributed by atoms with E-state index in [1.165, 1.54) is 0 Å². The highest BCUT2D eigenvalue weighted by atomic mass is 35.5. The summed E-state index contributed by atoms with van der Waals surface area (Å²) in [7, 11) is 0. The van der Waals surface area contributed by atoms with Gasteiger partial charge in [0.2, 0.25) is 0 Å².